The van der Waals surface area contributed by atoms with Crippen LogP contribution in [-0.2, 0) is 13.2 Å². The quantitative estimate of drug-likeness (QED) is 0.461. The molecule has 1 aromatic heterocycles. The zero-order valence-corrected chi connectivity index (χ0v) is 15.5. The SMILES string of the molecule is O=C(NCCn1cc([N+](=O)[O-])cn1)c1cccc(COc2ccc(Cl)cc2)c1. The van der Waals surface area contributed by atoms with E-state index in [1.165, 1.54) is 17.1 Å². The lowest BCUT2D eigenvalue weighted by Crippen LogP contribution is -2.27. The van der Waals surface area contributed by atoms with Gasteiger partial charge in [0, 0.05) is 17.1 Å². The molecule has 3 rings (SSSR count). The molecule has 0 bridgehead atoms. The molecule has 0 unspecified atom stereocenters. The normalized spacial score (nSPS) is 10.5. The number of halogens is 1. The summed E-state index contributed by atoms with van der Waals surface area (Å²) >= 11 is 5.84. The number of benzene rings is 2. The minimum absolute atomic E-state index is 0.0836. The summed E-state index contributed by atoms with van der Waals surface area (Å²) in [7, 11) is 0. The first-order valence-corrected chi connectivity index (χ1v) is 8.81. The molecule has 8 nitrogen and oxygen atoms in total. The van der Waals surface area contributed by atoms with Crippen LogP contribution in [0.5, 0.6) is 5.75 Å². The van der Waals surface area contributed by atoms with Gasteiger partial charge in [-0.2, -0.15) is 5.10 Å². The highest BCUT2D eigenvalue weighted by Crippen LogP contribution is 2.17. The molecule has 9 heteroatoms. The Morgan fingerprint density at radius 1 is 1.25 bits per heavy atom. The first kappa shape index (κ1) is 19.4. The van der Waals surface area contributed by atoms with Crippen LogP contribution in [-0.4, -0.2) is 27.2 Å². The molecule has 144 valence electrons. The summed E-state index contributed by atoms with van der Waals surface area (Å²) in [5, 5.41) is 17.9. The molecular formula is C19H17ClN4O4. The van der Waals surface area contributed by atoms with Gasteiger partial charge in [-0.15, -0.1) is 0 Å². The highest BCUT2D eigenvalue weighted by molar-refractivity contribution is 6.30. The maximum atomic E-state index is 12.3. The molecule has 1 amide bonds. The van der Waals surface area contributed by atoms with E-state index in [1.54, 1.807) is 42.5 Å². The topological polar surface area (TPSA) is 99.3 Å². The number of amides is 1. The Kier molecular flexibility index (Phi) is 6.23. The van der Waals surface area contributed by atoms with Crippen LogP contribution in [0.1, 0.15) is 15.9 Å². The van der Waals surface area contributed by atoms with E-state index in [2.05, 4.69) is 10.4 Å². The van der Waals surface area contributed by atoms with Crippen molar-refractivity contribution in [2.24, 2.45) is 0 Å². The van der Waals surface area contributed by atoms with Crippen molar-refractivity contribution in [3.05, 3.63) is 87.2 Å². The van der Waals surface area contributed by atoms with Crippen LogP contribution >= 0.6 is 11.6 Å². The summed E-state index contributed by atoms with van der Waals surface area (Å²) in [4.78, 5) is 22.4. The summed E-state index contributed by atoms with van der Waals surface area (Å²) in [6.07, 6.45) is 2.49. The number of nitro groups is 1. The fourth-order valence-electron chi connectivity index (χ4n) is 2.46. The molecule has 1 heterocycles. The molecule has 0 spiro atoms. The highest BCUT2D eigenvalue weighted by Gasteiger charge is 2.10. The van der Waals surface area contributed by atoms with E-state index >= 15 is 0 Å². The number of hydrogen-bond acceptors (Lipinski definition) is 5. The Labute approximate surface area is 165 Å². The Bertz CT molecular complexity index is 972. The molecular weight excluding hydrogens is 384 g/mol. The minimum Gasteiger partial charge on any atom is -0.489 e. The van der Waals surface area contributed by atoms with Crippen LogP contribution in [0.2, 0.25) is 5.02 Å². The molecule has 0 saturated carbocycles. The molecule has 28 heavy (non-hydrogen) atoms. The van der Waals surface area contributed by atoms with Gasteiger partial charge < -0.3 is 10.1 Å². The van der Waals surface area contributed by atoms with Gasteiger partial charge in [0.25, 0.3) is 5.91 Å². The maximum Gasteiger partial charge on any atom is 0.306 e. The second-order valence-electron chi connectivity index (χ2n) is 5.92. The number of carbonyl (C=O) groups excluding carboxylic acids is 1. The van der Waals surface area contributed by atoms with E-state index in [-0.39, 0.29) is 11.6 Å². The maximum absolute atomic E-state index is 12.3. The molecule has 0 aliphatic rings. The lowest BCUT2D eigenvalue weighted by atomic mass is 10.1. The molecule has 0 atom stereocenters. The van der Waals surface area contributed by atoms with E-state index in [9.17, 15) is 14.9 Å². The largest absolute Gasteiger partial charge is 0.489 e. The van der Waals surface area contributed by atoms with Gasteiger partial charge in [0.05, 0.1) is 11.5 Å². The van der Waals surface area contributed by atoms with Crippen LogP contribution in [0.15, 0.2) is 60.9 Å². The Morgan fingerprint density at radius 2 is 2.04 bits per heavy atom. The second-order valence-corrected chi connectivity index (χ2v) is 6.35. The van der Waals surface area contributed by atoms with E-state index in [0.29, 0.717) is 36.0 Å². The van der Waals surface area contributed by atoms with Crippen LogP contribution < -0.4 is 10.1 Å². The predicted octanol–water partition coefficient (Wildman–Crippen LogP) is 3.45. The fourth-order valence-corrected chi connectivity index (χ4v) is 2.58. The minimum atomic E-state index is -0.514. The number of rotatable bonds is 8. The van der Waals surface area contributed by atoms with E-state index in [0.717, 1.165) is 5.56 Å². The van der Waals surface area contributed by atoms with Crippen LogP contribution in [0, 0.1) is 10.1 Å². The fraction of sp³-hybridized carbons (Fsp3) is 0.158. The van der Waals surface area contributed by atoms with Crippen molar-refractivity contribution < 1.29 is 14.5 Å². The molecule has 1 N–H and O–H groups in total. The Morgan fingerprint density at radius 3 is 2.75 bits per heavy atom. The smallest absolute Gasteiger partial charge is 0.306 e. The van der Waals surface area contributed by atoms with Crippen LogP contribution in [0.25, 0.3) is 0 Å². The number of nitrogens with one attached hydrogen (secondary N) is 1. The number of carbonyl (C=O) groups is 1. The zero-order chi connectivity index (χ0) is 19.9. The van der Waals surface area contributed by atoms with E-state index < -0.39 is 4.92 Å². The van der Waals surface area contributed by atoms with Gasteiger partial charge in [-0.3, -0.25) is 19.6 Å². The van der Waals surface area contributed by atoms with E-state index in [4.69, 9.17) is 16.3 Å². The monoisotopic (exact) mass is 400 g/mol. The summed E-state index contributed by atoms with van der Waals surface area (Å²) in [5.41, 5.74) is 1.27. The zero-order valence-electron chi connectivity index (χ0n) is 14.7. The molecule has 0 aliphatic heterocycles. The van der Waals surface area contributed by atoms with Gasteiger partial charge >= 0.3 is 5.69 Å². The van der Waals surface area contributed by atoms with Gasteiger partial charge in [-0.1, -0.05) is 23.7 Å². The van der Waals surface area contributed by atoms with Gasteiger partial charge in [0.1, 0.15) is 24.8 Å². The van der Waals surface area contributed by atoms with Crippen molar-refractivity contribution in [3.63, 3.8) is 0 Å². The van der Waals surface area contributed by atoms with Crippen molar-refractivity contribution in [1.82, 2.24) is 15.1 Å². The molecule has 0 radical (unpaired) electrons. The first-order valence-electron chi connectivity index (χ1n) is 8.43. The third kappa shape index (κ3) is 5.31. The number of hydrogen-bond donors (Lipinski definition) is 1. The predicted molar refractivity (Wildman–Crippen MR) is 103 cm³/mol. The van der Waals surface area contributed by atoms with Gasteiger partial charge in [-0.05, 0) is 42.0 Å². The third-order valence-electron chi connectivity index (χ3n) is 3.87. The summed E-state index contributed by atoms with van der Waals surface area (Å²) in [6, 6.07) is 14.2. The van der Waals surface area contributed by atoms with Gasteiger partial charge in [0.2, 0.25) is 0 Å². The van der Waals surface area contributed by atoms with Crippen molar-refractivity contribution in [2.75, 3.05) is 6.54 Å². The lowest BCUT2D eigenvalue weighted by Gasteiger charge is -2.09. The number of aromatic nitrogens is 2. The standard InChI is InChI=1S/C19H17ClN4O4/c20-16-4-6-18(7-5-16)28-13-14-2-1-3-15(10-14)19(25)21-8-9-23-12-17(11-22-23)24(26)27/h1-7,10-12H,8-9,13H2,(H,21,25). The van der Waals surface area contributed by atoms with Crippen molar-refractivity contribution in [1.29, 1.82) is 0 Å². The number of nitrogens with zero attached hydrogens (tertiary/aromatic N) is 3. The Hall–Kier alpha value is -3.39. The second kappa shape index (κ2) is 9.01. The first-order chi connectivity index (χ1) is 13.5. The average molecular weight is 401 g/mol. The van der Waals surface area contributed by atoms with Crippen LogP contribution in [0.3, 0.4) is 0 Å². The molecule has 3 aromatic rings. The number of ether oxygens (including phenoxy) is 1. The van der Waals surface area contributed by atoms with Gasteiger partial charge in [0.15, 0.2) is 0 Å². The Balaban J connectivity index is 1.51. The van der Waals surface area contributed by atoms with E-state index in [1.807, 2.05) is 6.07 Å². The van der Waals surface area contributed by atoms with Crippen molar-refractivity contribution in [2.45, 2.75) is 13.2 Å². The summed E-state index contributed by atoms with van der Waals surface area (Å²) in [6.45, 7) is 0.946. The average Bonchev–Trinajstić information content (AvgIpc) is 3.17. The van der Waals surface area contributed by atoms with Crippen molar-refractivity contribution in [3.8, 4) is 5.75 Å². The summed E-state index contributed by atoms with van der Waals surface area (Å²) in [5.74, 6) is 0.447. The lowest BCUT2D eigenvalue weighted by molar-refractivity contribution is -0.385. The molecule has 2 aromatic carbocycles. The molecule has 0 aliphatic carbocycles. The highest BCUT2D eigenvalue weighted by atomic mass is 35.5. The third-order valence-corrected chi connectivity index (χ3v) is 4.12. The molecule has 0 saturated heterocycles. The summed E-state index contributed by atoms with van der Waals surface area (Å²) < 4.78 is 7.10. The van der Waals surface area contributed by atoms with Crippen LogP contribution in [0.4, 0.5) is 5.69 Å². The van der Waals surface area contributed by atoms with Crippen molar-refractivity contribution >= 4 is 23.2 Å². The molecule has 0 fully saturated rings. The van der Waals surface area contributed by atoms with Gasteiger partial charge in [-0.25, -0.2) is 0 Å².